The summed E-state index contributed by atoms with van der Waals surface area (Å²) in [5.41, 5.74) is 2.93. The van der Waals surface area contributed by atoms with Crippen molar-refractivity contribution in [3.05, 3.63) is 22.5 Å². The number of ether oxygens (including phenoxy) is 1. The average molecular weight is 421 g/mol. The van der Waals surface area contributed by atoms with Crippen molar-refractivity contribution in [2.24, 2.45) is 5.92 Å². The number of nitrogens with one attached hydrogen (secondary N) is 1. The van der Waals surface area contributed by atoms with E-state index in [-0.39, 0.29) is 0 Å². The second-order valence-corrected chi connectivity index (χ2v) is 9.21. The van der Waals surface area contributed by atoms with Crippen LogP contribution in [0.15, 0.2) is 17.5 Å². The molecule has 152 valence electrons. The van der Waals surface area contributed by atoms with E-state index in [0.29, 0.717) is 11.6 Å². The minimum absolute atomic E-state index is 0.683. The zero-order valence-electron chi connectivity index (χ0n) is 16.7. The number of rotatable bonds is 6. The number of likely N-dealkylation sites (tertiary alicyclic amines) is 1. The zero-order valence-corrected chi connectivity index (χ0v) is 18.3. The van der Waals surface area contributed by atoms with Crippen LogP contribution in [-0.2, 0) is 0 Å². The monoisotopic (exact) mass is 420 g/mol. The first-order valence-corrected chi connectivity index (χ1v) is 11.5. The number of piperidine rings is 1. The zero-order chi connectivity index (χ0) is 19.5. The number of halogens is 1. The molecular weight excluding hydrogens is 392 g/mol. The molecule has 4 rings (SSSR count). The molecule has 5 nitrogen and oxygen atoms in total. The van der Waals surface area contributed by atoms with Crippen LogP contribution in [0.3, 0.4) is 0 Å². The molecule has 1 fully saturated rings. The van der Waals surface area contributed by atoms with Gasteiger partial charge in [-0.25, -0.2) is 4.98 Å². The van der Waals surface area contributed by atoms with E-state index in [9.17, 15) is 0 Å². The van der Waals surface area contributed by atoms with Crippen molar-refractivity contribution < 1.29 is 4.74 Å². The highest BCUT2D eigenvalue weighted by Crippen LogP contribution is 2.43. The molecule has 2 aromatic rings. The van der Waals surface area contributed by atoms with Crippen molar-refractivity contribution in [1.82, 2.24) is 9.88 Å². The van der Waals surface area contributed by atoms with Crippen molar-refractivity contribution in [3.63, 3.8) is 0 Å². The van der Waals surface area contributed by atoms with Gasteiger partial charge in [-0.05, 0) is 56.9 Å². The van der Waals surface area contributed by atoms with E-state index in [1.165, 1.54) is 32.5 Å². The highest BCUT2D eigenvalue weighted by atomic mass is 35.5. The van der Waals surface area contributed by atoms with Crippen molar-refractivity contribution >= 4 is 33.8 Å². The lowest BCUT2D eigenvalue weighted by atomic mass is 9.99. The summed E-state index contributed by atoms with van der Waals surface area (Å²) in [6.07, 6.45) is 3.82. The van der Waals surface area contributed by atoms with Crippen LogP contribution in [0.5, 0.6) is 5.75 Å². The first-order chi connectivity index (χ1) is 13.6. The second kappa shape index (κ2) is 8.89. The molecule has 7 heteroatoms. The number of hydrogen-bond acceptors (Lipinski definition) is 6. The van der Waals surface area contributed by atoms with Gasteiger partial charge in [0, 0.05) is 29.6 Å². The van der Waals surface area contributed by atoms with E-state index in [4.69, 9.17) is 21.3 Å². The standard InChI is InChI=1S/C21H29ClN4OS/c1-15-4-8-26(9-5-15)7-3-6-23-21-24-18(14-28-21)17-12-16(22)13-19-20(17)27-11-10-25(19)2/h12-15H,3-11H2,1-2H3,(H,23,24). The summed E-state index contributed by atoms with van der Waals surface area (Å²) in [5.74, 6) is 1.78. The maximum atomic E-state index is 6.36. The van der Waals surface area contributed by atoms with Gasteiger partial charge in [-0.2, -0.15) is 0 Å². The molecule has 1 saturated heterocycles. The Morgan fingerprint density at radius 3 is 2.93 bits per heavy atom. The quantitative estimate of drug-likeness (QED) is 0.678. The van der Waals surface area contributed by atoms with E-state index in [2.05, 4.69) is 34.5 Å². The molecule has 2 aliphatic heterocycles. The Bertz CT molecular complexity index is 804. The third-order valence-electron chi connectivity index (χ3n) is 5.70. The van der Waals surface area contributed by atoms with Gasteiger partial charge in [0.05, 0.1) is 17.9 Å². The van der Waals surface area contributed by atoms with Crippen LogP contribution >= 0.6 is 22.9 Å². The average Bonchev–Trinajstić information content (AvgIpc) is 3.16. The number of fused-ring (bicyclic) bond motifs is 1. The molecule has 2 aliphatic rings. The van der Waals surface area contributed by atoms with Gasteiger partial charge in [-0.3, -0.25) is 0 Å². The van der Waals surface area contributed by atoms with Gasteiger partial charge in [-0.15, -0.1) is 11.3 Å². The summed E-state index contributed by atoms with van der Waals surface area (Å²) in [5, 5.41) is 7.24. The van der Waals surface area contributed by atoms with E-state index in [1.807, 2.05) is 12.1 Å². The summed E-state index contributed by atoms with van der Waals surface area (Å²) in [7, 11) is 2.07. The topological polar surface area (TPSA) is 40.6 Å². The maximum Gasteiger partial charge on any atom is 0.183 e. The van der Waals surface area contributed by atoms with Crippen LogP contribution in [0.4, 0.5) is 10.8 Å². The van der Waals surface area contributed by atoms with Crippen molar-refractivity contribution in [2.75, 3.05) is 56.6 Å². The Balaban J connectivity index is 1.36. The second-order valence-electron chi connectivity index (χ2n) is 7.91. The van der Waals surface area contributed by atoms with Crippen LogP contribution in [0.25, 0.3) is 11.3 Å². The summed E-state index contributed by atoms with van der Waals surface area (Å²) >= 11 is 8.00. The highest BCUT2D eigenvalue weighted by Gasteiger charge is 2.22. The van der Waals surface area contributed by atoms with E-state index in [0.717, 1.165) is 53.3 Å². The molecule has 0 bridgehead atoms. The Labute approximate surface area is 176 Å². The maximum absolute atomic E-state index is 6.36. The van der Waals surface area contributed by atoms with Gasteiger partial charge < -0.3 is 19.9 Å². The van der Waals surface area contributed by atoms with Gasteiger partial charge >= 0.3 is 0 Å². The molecule has 0 atom stereocenters. The normalized spacial score (nSPS) is 18.0. The minimum Gasteiger partial charge on any atom is -0.489 e. The lowest BCUT2D eigenvalue weighted by Crippen LogP contribution is -2.34. The van der Waals surface area contributed by atoms with E-state index < -0.39 is 0 Å². The predicted octanol–water partition coefficient (Wildman–Crippen LogP) is 4.83. The Kier molecular flexibility index (Phi) is 6.28. The van der Waals surface area contributed by atoms with Crippen LogP contribution in [0.1, 0.15) is 26.2 Å². The van der Waals surface area contributed by atoms with Gasteiger partial charge in [0.25, 0.3) is 0 Å². The Hall–Kier alpha value is -1.50. The lowest BCUT2D eigenvalue weighted by Gasteiger charge is -2.30. The van der Waals surface area contributed by atoms with Gasteiger partial charge in [0.2, 0.25) is 0 Å². The van der Waals surface area contributed by atoms with Gasteiger partial charge in [-0.1, -0.05) is 18.5 Å². The van der Waals surface area contributed by atoms with Crippen molar-refractivity contribution in [3.8, 4) is 17.0 Å². The number of nitrogens with zero attached hydrogens (tertiary/aromatic N) is 3. The van der Waals surface area contributed by atoms with Gasteiger partial charge in [0.15, 0.2) is 10.9 Å². The SMILES string of the molecule is CC1CCN(CCCNc2nc(-c3cc(Cl)cc4c3OCCN4C)cs2)CC1. The van der Waals surface area contributed by atoms with Crippen molar-refractivity contribution in [2.45, 2.75) is 26.2 Å². The smallest absolute Gasteiger partial charge is 0.183 e. The Morgan fingerprint density at radius 2 is 2.11 bits per heavy atom. The van der Waals surface area contributed by atoms with Crippen LogP contribution in [-0.4, -0.2) is 56.3 Å². The van der Waals surface area contributed by atoms with Crippen molar-refractivity contribution in [1.29, 1.82) is 0 Å². The molecule has 0 amide bonds. The van der Waals surface area contributed by atoms with E-state index in [1.54, 1.807) is 11.3 Å². The third-order valence-corrected chi connectivity index (χ3v) is 6.72. The number of hydrogen-bond donors (Lipinski definition) is 1. The number of likely N-dealkylation sites (N-methyl/N-ethyl adjacent to an activating group) is 1. The number of anilines is 2. The molecule has 1 aromatic heterocycles. The molecule has 1 N–H and O–H groups in total. The van der Waals surface area contributed by atoms with Gasteiger partial charge in [0.1, 0.15) is 6.61 Å². The lowest BCUT2D eigenvalue weighted by molar-refractivity contribution is 0.192. The summed E-state index contributed by atoms with van der Waals surface area (Å²) < 4.78 is 5.96. The molecule has 0 spiro atoms. The molecule has 1 aromatic carbocycles. The fourth-order valence-corrected chi connectivity index (χ4v) is 4.82. The third kappa shape index (κ3) is 4.56. The molecule has 0 saturated carbocycles. The van der Waals surface area contributed by atoms with Crippen LogP contribution in [0.2, 0.25) is 5.02 Å². The highest BCUT2D eigenvalue weighted by molar-refractivity contribution is 7.14. The van der Waals surface area contributed by atoms with E-state index >= 15 is 0 Å². The summed E-state index contributed by atoms with van der Waals surface area (Å²) in [6, 6.07) is 3.92. The largest absolute Gasteiger partial charge is 0.489 e. The molecule has 28 heavy (non-hydrogen) atoms. The van der Waals surface area contributed by atoms with Crippen LogP contribution < -0.4 is 15.0 Å². The number of aromatic nitrogens is 1. The number of benzene rings is 1. The fourth-order valence-electron chi connectivity index (χ4n) is 3.87. The minimum atomic E-state index is 0.683. The molecular formula is C21H29ClN4OS. The van der Waals surface area contributed by atoms with Crippen LogP contribution in [0, 0.1) is 5.92 Å². The molecule has 0 aliphatic carbocycles. The molecule has 0 radical (unpaired) electrons. The Morgan fingerprint density at radius 1 is 1.29 bits per heavy atom. The molecule has 3 heterocycles. The fraction of sp³-hybridized carbons (Fsp3) is 0.571. The molecule has 0 unspecified atom stereocenters. The number of thiazole rings is 1. The first kappa shape index (κ1) is 19.8. The predicted molar refractivity (Wildman–Crippen MR) is 119 cm³/mol. The first-order valence-electron chi connectivity index (χ1n) is 10.2. The summed E-state index contributed by atoms with van der Waals surface area (Å²) in [6.45, 7) is 8.52. The summed E-state index contributed by atoms with van der Waals surface area (Å²) in [4.78, 5) is 9.55.